The number of halogens is 1. The molecule has 9 heteroatoms. The summed E-state index contributed by atoms with van der Waals surface area (Å²) in [6.07, 6.45) is 0. The first kappa shape index (κ1) is 20.3. The fraction of sp³-hybridized carbons (Fsp3) is 0.150. The summed E-state index contributed by atoms with van der Waals surface area (Å²) in [6.45, 7) is -0.508. The minimum Gasteiger partial charge on any atom is -0.496 e. The number of methoxy groups -OCH3 is 2. The molecule has 0 atom stereocenters. The lowest BCUT2D eigenvalue weighted by atomic mass is 10.2. The summed E-state index contributed by atoms with van der Waals surface area (Å²) in [5.74, 6) is -1.09. The molecule has 29 heavy (non-hydrogen) atoms. The standard InChI is InChI=1S/C20H17FN2O5S/c1-26-15-4-3-5-16(27-2)18(15)19(25)28-10-17(24)23-20-22-14(11-29-20)12-6-8-13(21)9-7-12/h3-9,11H,10H2,1-2H3,(H,22,23,24). The summed E-state index contributed by atoms with van der Waals surface area (Å²) < 4.78 is 28.4. The Balaban J connectivity index is 1.61. The van der Waals surface area contributed by atoms with Gasteiger partial charge in [-0.3, -0.25) is 10.1 Å². The molecule has 1 heterocycles. The van der Waals surface area contributed by atoms with Crippen molar-refractivity contribution >= 4 is 28.3 Å². The van der Waals surface area contributed by atoms with E-state index in [4.69, 9.17) is 14.2 Å². The minimum absolute atomic E-state index is 0.0955. The Morgan fingerprint density at radius 1 is 1.07 bits per heavy atom. The fourth-order valence-corrected chi connectivity index (χ4v) is 3.23. The molecule has 150 valence electrons. The average Bonchev–Trinajstić information content (AvgIpc) is 3.20. The van der Waals surface area contributed by atoms with Crippen molar-refractivity contribution in [3.63, 3.8) is 0 Å². The number of esters is 1. The lowest BCUT2D eigenvalue weighted by Gasteiger charge is -2.12. The number of hydrogen-bond donors (Lipinski definition) is 1. The molecule has 0 aliphatic carbocycles. The molecule has 1 aromatic heterocycles. The van der Waals surface area contributed by atoms with E-state index in [0.717, 1.165) is 5.56 Å². The predicted octanol–water partition coefficient (Wildman–Crippen LogP) is 3.76. The van der Waals surface area contributed by atoms with Crippen molar-refractivity contribution < 1.29 is 28.2 Å². The van der Waals surface area contributed by atoms with Crippen molar-refractivity contribution in [1.29, 1.82) is 0 Å². The number of hydrogen-bond acceptors (Lipinski definition) is 7. The molecule has 3 aromatic rings. The first-order valence-electron chi connectivity index (χ1n) is 8.41. The number of rotatable bonds is 7. The van der Waals surface area contributed by atoms with Gasteiger partial charge in [0, 0.05) is 10.9 Å². The monoisotopic (exact) mass is 416 g/mol. The third kappa shape index (κ3) is 4.88. The number of benzene rings is 2. The van der Waals surface area contributed by atoms with Crippen LogP contribution in [0.25, 0.3) is 11.3 Å². The molecule has 0 aliphatic rings. The molecule has 0 unspecified atom stereocenters. The van der Waals surface area contributed by atoms with Gasteiger partial charge in [-0.1, -0.05) is 6.07 Å². The van der Waals surface area contributed by atoms with Crippen LogP contribution in [0.1, 0.15) is 10.4 Å². The summed E-state index contributed by atoms with van der Waals surface area (Å²) in [4.78, 5) is 28.8. The Morgan fingerprint density at radius 3 is 2.34 bits per heavy atom. The minimum atomic E-state index is -0.749. The third-order valence-corrected chi connectivity index (χ3v) is 4.61. The second-order valence-electron chi connectivity index (χ2n) is 5.71. The largest absolute Gasteiger partial charge is 0.496 e. The number of nitrogens with one attached hydrogen (secondary N) is 1. The quantitative estimate of drug-likeness (QED) is 0.590. The van der Waals surface area contributed by atoms with Gasteiger partial charge in [-0.2, -0.15) is 0 Å². The smallest absolute Gasteiger partial charge is 0.346 e. The number of amides is 1. The van der Waals surface area contributed by atoms with Crippen LogP contribution in [0.5, 0.6) is 11.5 Å². The van der Waals surface area contributed by atoms with Crippen molar-refractivity contribution in [1.82, 2.24) is 4.98 Å². The van der Waals surface area contributed by atoms with Crippen molar-refractivity contribution in [2.45, 2.75) is 0 Å². The Morgan fingerprint density at radius 2 is 1.72 bits per heavy atom. The molecular formula is C20H17FN2O5S. The summed E-state index contributed by atoms with van der Waals surface area (Å²) in [5, 5.41) is 4.63. The zero-order chi connectivity index (χ0) is 20.8. The van der Waals surface area contributed by atoms with Crippen molar-refractivity contribution in [3.05, 3.63) is 59.2 Å². The first-order valence-corrected chi connectivity index (χ1v) is 9.29. The molecule has 0 aliphatic heterocycles. The van der Waals surface area contributed by atoms with E-state index in [2.05, 4.69) is 10.3 Å². The number of thiazole rings is 1. The van der Waals surface area contributed by atoms with Gasteiger partial charge < -0.3 is 14.2 Å². The Hall–Kier alpha value is -3.46. The van der Waals surface area contributed by atoms with E-state index in [9.17, 15) is 14.0 Å². The number of ether oxygens (including phenoxy) is 3. The van der Waals surface area contributed by atoms with E-state index in [1.807, 2.05) is 0 Å². The highest BCUT2D eigenvalue weighted by molar-refractivity contribution is 7.14. The van der Waals surface area contributed by atoms with E-state index in [1.165, 1.54) is 37.7 Å². The van der Waals surface area contributed by atoms with Crippen molar-refractivity contribution in [2.24, 2.45) is 0 Å². The fourth-order valence-electron chi connectivity index (χ4n) is 2.50. The zero-order valence-electron chi connectivity index (χ0n) is 15.6. The van der Waals surface area contributed by atoms with Gasteiger partial charge >= 0.3 is 5.97 Å². The van der Waals surface area contributed by atoms with E-state index in [1.54, 1.807) is 35.7 Å². The van der Waals surface area contributed by atoms with Gasteiger partial charge in [-0.05, 0) is 36.4 Å². The molecule has 0 saturated heterocycles. The lowest BCUT2D eigenvalue weighted by molar-refractivity contribution is -0.119. The van der Waals surface area contributed by atoms with Crippen LogP contribution in [0.15, 0.2) is 47.8 Å². The van der Waals surface area contributed by atoms with Gasteiger partial charge in [-0.15, -0.1) is 11.3 Å². The van der Waals surface area contributed by atoms with E-state index in [-0.39, 0.29) is 22.9 Å². The van der Waals surface area contributed by atoms with E-state index in [0.29, 0.717) is 10.8 Å². The Labute approximate surface area is 170 Å². The molecule has 2 aromatic carbocycles. The second kappa shape index (κ2) is 9.16. The molecule has 1 amide bonds. The van der Waals surface area contributed by atoms with Gasteiger partial charge in [0.2, 0.25) is 0 Å². The molecule has 0 saturated carbocycles. The van der Waals surface area contributed by atoms with Gasteiger partial charge in [0.05, 0.1) is 19.9 Å². The molecule has 0 fully saturated rings. The van der Waals surface area contributed by atoms with E-state index >= 15 is 0 Å². The number of carbonyl (C=O) groups excluding carboxylic acids is 2. The van der Waals surface area contributed by atoms with Crippen LogP contribution in [-0.2, 0) is 9.53 Å². The van der Waals surface area contributed by atoms with Crippen LogP contribution in [0.3, 0.4) is 0 Å². The topological polar surface area (TPSA) is 86.8 Å². The zero-order valence-corrected chi connectivity index (χ0v) is 16.4. The van der Waals surface area contributed by atoms with Crippen LogP contribution >= 0.6 is 11.3 Å². The number of aromatic nitrogens is 1. The summed E-state index contributed by atoms with van der Waals surface area (Å²) in [6, 6.07) is 10.7. The number of carbonyl (C=O) groups is 2. The summed E-state index contributed by atoms with van der Waals surface area (Å²) >= 11 is 1.20. The molecule has 3 rings (SSSR count). The maximum atomic E-state index is 13.0. The van der Waals surface area contributed by atoms with Crippen LogP contribution in [0.4, 0.5) is 9.52 Å². The maximum Gasteiger partial charge on any atom is 0.346 e. The van der Waals surface area contributed by atoms with Gasteiger partial charge in [0.1, 0.15) is 22.9 Å². The highest BCUT2D eigenvalue weighted by Gasteiger charge is 2.21. The van der Waals surface area contributed by atoms with Gasteiger partial charge in [-0.25, -0.2) is 14.2 Å². The van der Waals surface area contributed by atoms with Gasteiger partial charge in [0.15, 0.2) is 11.7 Å². The third-order valence-electron chi connectivity index (χ3n) is 3.86. The van der Waals surface area contributed by atoms with Crippen molar-refractivity contribution in [2.75, 3.05) is 26.1 Å². The molecular weight excluding hydrogens is 399 g/mol. The first-order chi connectivity index (χ1) is 14.0. The average molecular weight is 416 g/mol. The maximum absolute atomic E-state index is 13.0. The summed E-state index contributed by atoms with van der Waals surface area (Å²) in [5.41, 5.74) is 1.41. The molecule has 0 spiro atoms. The Bertz CT molecular complexity index is 998. The highest BCUT2D eigenvalue weighted by Crippen LogP contribution is 2.29. The summed E-state index contributed by atoms with van der Waals surface area (Å²) in [7, 11) is 2.83. The normalized spacial score (nSPS) is 10.3. The second-order valence-corrected chi connectivity index (χ2v) is 6.56. The number of nitrogens with zero attached hydrogens (tertiary/aromatic N) is 1. The molecule has 0 radical (unpaired) electrons. The van der Waals surface area contributed by atoms with Crippen molar-refractivity contribution in [3.8, 4) is 22.8 Å². The van der Waals surface area contributed by atoms with E-state index < -0.39 is 18.5 Å². The SMILES string of the molecule is COc1cccc(OC)c1C(=O)OCC(=O)Nc1nc(-c2ccc(F)cc2)cs1. The Kier molecular flexibility index (Phi) is 6.40. The molecule has 0 bridgehead atoms. The van der Waals surface area contributed by atoms with Crippen LogP contribution in [0.2, 0.25) is 0 Å². The van der Waals surface area contributed by atoms with Crippen LogP contribution < -0.4 is 14.8 Å². The van der Waals surface area contributed by atoms with Crippen LogP contribution in [-0.4, -0.2) is 37.7 Å². The molecule has 7 nitrogen and oxygen atoms in total. The lowest BCUT2D eigenvalue weighted by Crippen LogP contribution is -2.21. The number of anilines is 1. The highest BCUT2D eigenvalue weighted by atomic mass is 32.1. The van der Waals surface area contributed by atoms with Crippen LogP contribution in [0, 0.1) is 5.82 Å². The van der Waals surface area contributed by atoms with Gasteiger partial charge in [0.25, 0.3) is 5.91 Å². The molecule has 1 N–H and O–H groups in total. The predicted molar refractivity (Wildman–Crippen MR) is 106 cm³/mol.